The summed E-state index contributed by atoms with van der Waals surface area (Å²) >= 11 is 0. The quantitative estimate of drug-likeness (QED) is 0.642. The highest BCUT2D eigenvalue weighted by molar-refractivity contribution is 5.96. The molecule has 1 aromatic carbocycles. The highest BCUT2D eigenvalue weighted by Crippen LogP contribution is 2.19. The molecule has 1 aromatic rings. The lowest BCUT2D eigenvalue weighted by atomic mass is 10.2. The topological polar surface area (TPSA) is 82.3 Å². The number of amides is 3. The molecule has 0 radical (unpaired) electrons. The Bertz CT molecular complexity index is 520. The number of halogens is 1. The lowest BCUT2D eigenvalue weighted by Gasteiger charge is -2.12. The molecule has 2 rings (SSSR count). The van der Waals surface area contributed by atoms with Crippen molar-refractivity contribution in [3.05, 3.63) is 29.8 Å². The van der Waals surface area contributed by atoms with Crippen LogP contribution in [0.25, 0.3) is 0 Å². The van der Waals surface area contributed by atoms with Gasteiger partial charge in [0, 0.05) is 29.9 Å². The molecule has 122 valence electrons. The molecule has 1 aliphatic carbocycles. The molecule has 22 heavy (non-hydrogen) atoms. The van der Waals surface area contributed by atoms with Crippen molar-refractivity contribution in [2.45, 2.75) is 31.8 Å². The second-order valence-electron chi connectivity index (χ2n) is 5.35. The van der Waals surface area contributed by atoms with Crippen molar-refractivity contribution in [1.82, 2.24) is 16.0 Å². The van der Waals surface area contributed by atoms with E-state index in [2.05, 4.69) is 21.3 Å². The third-order valence-electron chi connectivity index (χ3n) is 3.36. The maximum Gasteiger partial charge on any atom is 0.319 e. The molecule has 0 saturated heterocycles. The van der Waals surface area contributed by atoms with E-state index in [0.717, 1.165) is 12.8 Å². The van der Waals surface area contributed by atoms with Crippen LogP contribution in [0.15, 0.2) is 24.3 Å². The molecule has 1 aliphatic rings. The summed E-state index contributed by atoms with van der Waals surface area (Å²) in [6.45, 7) is 2.54. The summed E-state index contributed by atoms with van der Waals surface area (Å²) in [5.41, 5.74) is 1.14. The zero-order valence-electron chi connectivity index (χ0n) is 12.8. The number of carbonyl (C=O) groups excluding carboxylic acids is 2. The van der Waals surface area contributed by atoms with Gasteiger partial charge in [-0.3, -0.25) is 4.79 Å². The third kappa shape index (κ3) is 5.91. The Hall–Kier alpha value is -1.79. The maximum absolute atomic E-state index is 12.0. The monoisotopic (exact) mass is 326 g/mol. The Morgan fingerprint density at radius 3 is 2.68 bits per heavy atom. The zero-order valence-corrected chi connectivity index (χ0v) is 13.6. The Kier molecular flexibility index (Phi) is 7.14. The van der Waals surface area contributed by atoms with Crippen molar-refractivity contribution in [3.63, 3.8) is 0 Å². The van der Waals surface area contributed by atoms with E-state index in [-0.39, 0.29) is 30.4 Å². The average molecular weight is 327 g/mol. The van der Waals surface area contributed by atoms with Gasteiger partial charge in [0.15, 0.2) is 0 Å². The number of nitrogens with one attached hydrogen (secondary N) is 4. The Morgan fingerprint density at radius 2 is 2.05 bits per heavy atom. The highest BCUT2D eigenvalue weighted by atomic mass is 35.5. The number of hydrogen-bond acceptors (Lipinski definition) is 3. The largest absolute Gasteiger partial charge is 0.350 e. The second kappa shape index (κ2) is 8.60. The van der Waals surface area contributed by atoms with Crippen LogP contribution in [0.3, 0.4) is 0 Å². The number of likely N-dealkylation sites (N-methyl/N-ethyl adjacent to an activating group) is 1. The number of urea groups is 1. The van der Waals surface area contributed by atoms with Gasteiger partial charge in [0.2, 0.25) is 0 Å². The van der Waals surface area contributed by atoms with E-state index in [1.54, 1.807) is 24.3 Å². The smallest absolute Gasteiger partial charge is 0.319 e. The first kappa shape index (κ1) is 18.3. The van der Waals surface area contributed by atoms with Crippen LogP contribution in [0.2, 0.25) is 0 Å². The molecule has 4 N–H and O–H groups in total. The summed E-state index contributed by atoms with van der Waals surface area (Å²) in [5, 5.41) is 11.5. The minimum Gasteiger partial charge on any atom is -0.350 e. The molecular weight excluding hydrogens is 304 g/mol. The van der Waals surface area contributed by atoms with Crippen LogP contribution in [0.1, 0.15) is 30.1 Å². The normalized spacial score (nSPS) is 14.5. The first-order chi connectivity index (χ1) is 10.1. The highest BCUT2D eigenvalue weighted by Gasteiger charge is 2.23. The SMILES string of the molecule is CNC(C)CNC(=O)c1cccc(NC(=O)NC2CC2)c1.Cl. The fourth-order valence-corrected chi connectivity index (χ4v) is 1.77. The van der Waals surface area contributed by atoms with E-state index in [4.69, 9.17) is 0 Å². The molecule has 0 aromatic heterocycles. The molecule has 1 fully saturated rings. The molecule has 1 saturated carbocycles. The Labute approximate surface area is 136 Å². The van der Waals surface area contributed by atoms with Crippen LogP contribution in [-0.4, -0.2) is 37.6 Å². The minimum atomic E-state index is -0.223. The van der Waals surface area contributed by atoms with Gasteiger partial charge < -0.3 is 21.3 Å². The summed E-state index contributed by atoms with van der Waals surface area (Å²) in [6, 6.07) is 7.20. The number of rotatable bonds is 6. The average Bonchev–Trinajstić information content (AvgIpc) is 3.28. The summed E-state index contributed by atoms with van der Waals surface area (Å²) < 4.78 is 0. The molecule has 0 aliphatic heterocycles. The van der Waals surface area contributed by atoms with E-state index >= 15 is 0 Å². The lowest BCUT2D eigenvalue weighted by molar-refractivity contribution is 0.0950. The van der Waals surface area contributed by atoms with E-state index < -0.39 is 0 Å². The van der Waals surface area contributed by atoms with Crippen LogP contribution in [0.4, 0.5) is 10.5 Å². The van der Waals surface area contributed by atoms with Crippen LogP contribution < -0.4 is 21.3 Å². The van der Waals surface area contributed by atoms with Gasteiger partial charge in [0.25, 0.3) is 5.91 Å². The summed E-state index contributed by atoms with van der Waals surface area (Å²) in [5.74, 6) is -0.150. The van der Waals surface area contributed by atoms with E-state index in [1.165, 1.54) is 0 Å². The summed E-state index contributed by atoms with van der Waals surface area (Å²) in [6.07, 6.45) is 2.08. The van der Waals surface area contributed by atoms with Gasteiger partial charge in [-0.05, 0) is 45.0 Å². The van der Waals surface area contributed by atoms with E-state index in [9.17, 15) is 9.59 Å². The molecule has 0 heterocycles. The fraction of sp³-hybridized carbons (Fsp3) is 0.467. The summed E-state index contributed by atoms with van der Waals surface area (Å²) in [7, 11) is 1.85. The Morgan fingerprint density at radius 1 is 1.32 bits per heavy atom. The lowest BCUT2D eigenvalue weighted by Crippen LogP contribution is -2.37. The standard InChI is InChI=1S/C15H22N4O2.ClH/c1-10(16-2)9-17-14(20)11-4-3-5-13(8-11)19-15(21)18-12-6-7-12;/h3-5,8,10,12,16H,6-7,9H2,1-2H3,(H,17,20)(H2,18,19,21);1H. The van der Waals surface area contributed by atoms with Crippen molar-refractivity contribution < 1.29 is 9.59 Å². The van der Waals surface area contributed by atoms with Crippen molar-refractivity contribution in [2.75, 3.05) is 18.9 Å². The summed E-state index contributed by atoms with van der Waals surface area (Å²) in [4.78, 5) is 23.7. The number of hydrogen-bond donors (Lipinski definition) is 4. The molecule has 6 nitrogen and oxygen atoms in total. The molecule has 7 heteroatoms. The Balaban J connectivity index is 0.00000242. The van der Waals surface area contributed by atoms with Crippen molar-refractivity contribution in [1.29, 1.82) is 0 Å². The number of benzene rings is 1. The fourth-order valence-electron chi connectivity index (χ4n) is 1.77. The van der Waals surface area contributed by atoms with Gasteiger partial charge in [0.05, 0.1) is 0 Å². The van der Waals surface area contributed by atoms with Crippen molar-refractivity contribution in [3.8, 4) is 0 Å². The van der Waals surface area contributed by atoms with Crippen LogP contribution in [0, 0.1) is 0 Å². The van der Waals surface area contributed by atoms with Gasteiger partial charge in [-0.25, -0.2) is 4.79 Å². The predicted molar refractivity (Wildman–Crippen MR) is 89.7 cm³/mol. The van der Waals surface area contributed by atoms with Crippen LogP contribution in [0.5, 0.6) is 0 Å². The first-order valence-corrected chi connectivity index (χ1v) is 7.21. The van der Waals surface area contributed by atoms with E-state index in [0.29, 0.717) is 23.8 Å². The predicted octanol–water partition coefficient (Wildman–Crippen LogP) is 1.73. The van der Waals surface area contributed by atoms with E-state index in [1.807, 2.05) is 14.0 Å². The maximum atomic E-state index is 12.0. The van der Waals surface area contributed by atoms with Crippen LogP contribution >= 0.6 is 12.4 Å². The molecule has 0 bridgehead atoms. The van der Waals surface area contributed by atoms with Crippen molar-refractivity contribution in [2.24, 2.45) is 0 Å². The molecule has 0 spiro atoms. The molecular formula is C15H23ClN4O2. The van der Waals surface area contributed by atoms with Gasteiger partial charge in [-0.1, -0.05) is 6.07 Å². The number of anilines is 1. The van der Waals surface area contributed by atoms with Gasteiger partial charge >= 0.3 is 6.03 Å². The van der Waals surface area contributed by atoms with Gasteiger partial charge in [-0.15, -0.1) is 12.4 Å². The number of carbonyl (C=O) groups is 2. The first-order valence-electron chi connectivity index (χ1n) is 7.21. The molecule has 1 unspecified atom stereocenters. The zero-order chi connectivity index (χ0) is 15.2. The molecule has 1 atom stereocenters. The van der Waals surface area contributed by atoms with Crippen LogP contribution in [-0.2, 0) is 0 Å². The van der Waals surface area contributed by atoms with Gasteiger partial charge in [-0.2, -0.15) is 0 Å². The third-order valence-corrected chi connectivity index (χ3v) is 3.36. The van der Waals surface area contributed by atoms with Crippen molar-refractivity contribution >= 4 is 30.0 Å². The van der Waals surface area contributed by atoms with Gasteiger partial charge in [0.1, 0.15) is 0 Å². The molecule has 3 amide bonds. The minimum absolute atomic E-state index is 0. The second-order valence-corrected chi connectivity index (χ2v) is 5.35.